The maximum atomic E-state index is 11.9. The van der Waals surface area contributed by atoms with E-state index in [1.807, 2.05) is 32.0 Å². The molecule has 2 heterocycles. The van der Waals surface area contributed by atoms with Crippen LogP contribution in [0.15, 0.2) is 35.2 Å². The number of aryl methyl sites for hydroxylation is 2. The van der Waals surface area contributed by atoms with Gasteiger partial charge in [0.2, 0.25) is 0 Å². The molecule has 0 radical (unpaired) electrons. The fourth-order valence-corrected chi connectivity index (χ4v) is 4.09. The molecule has 0 aliphatic carbocycles. The third-order valence-corrected chi connectivity index (χ3v) is 5.57. The summed E-state index contributed by atoms with van der Waals surface area (Å²) in [5, 5.41) is 3.41. The van der Waals surface area contributed by atoms with Crippen LogP contribution in [0.5, 0.6) is 0 Å². The van der Waals surface area contributed by atoms with Crippen LogP contribution in [0.3, 0.4) is 0 Å². The topological polar surface area (TPSA) is 75.2 Å². The Kier molecular flexibility index (Phi) is 4.94. The fourth-order valence-electron chi connectivity index (χ4n) is 3.24. The van der Waals surface area contributed by atoms with E-state index in [1.165, 1.54) is 6.26 Å². The van der Waals surface area contributed by atoms with Gasteiger partial charge in [-0.05, 0) is 38.8 Å². The molecule has 0 bridgehead atoms. The zero-order valence-corrected chi connectivity index (χ0v) is 15.7. The van der Waals surface area contributed by atoms with E-state index in [0.717, 1.165) is 43.3 Å². The van der Waals surface area contributed by atoms with Crippen molar-refractivity contribution in [1.82, 2.24) is 9.97 Å². The summed E-state index contributed by atoms with van der Waals surface area (Å²) in [6.45, 7) is 5.66. The lowest BCUT2D eigenvalue weighted by Gasteiger charge is -2.34. The van der Waals surface area contributed by atoms with Crippen molar-refractivity contribution in [3.05, 3.63) is 41.9 Å². The smallest absolute Gasteiger partial charge is 0.177 e. The highest BCUT2D eigenvalue weighted by atomic mass is 32.2. The Bertz CT molecular complexity index is 839. The van der Waals surface area contributed by atoms with Crippen LogP contribution in [0.25, 0.3) is 0 Å². The molecule has 1 aliphatic heterocycles. The van der Waals surface area contributed by atoms with Gasteiger partial charge in [-0.3, -0.25) is 0 Å². The van der Waals surface area contributed by atoms with Gasteiger partial charge in [0.15, 0.2) is 9.84 Å². The third kappa shape index (κ3) is 4.28. The number of hydrogen-bond acceptors (Lipinski definition) is 6. The normalized spacial score (nSPS) is 16.0. The van der Waals surface area contributed by atoms with Crippen molar-refractivity contribution in [3.8, 4) is 0 Å². The number of benzene rings is 1. The molecule has 7 heteroatoms. The molecule has 1 aromatic heterocycles. The van der Waals surface area contributed by atoms with Crippen molar-refractivity contribution in [3.63, 3.8) is 0 Å². The fraction of sp³-hybridized carbons (Fsp3) is 0.444. The molecule has 1 fully saturated rings. The van der Waals surface area contributed by atoms with E-state index >= 15 is 0 Å². The van der Waals surface area contributed by atoms with Crippen LogP contribution in [-0.2, 0) is 9.84 Å². The van der Waals surface area contributed by atoms with Gasteiger partial charge in [0, 0.05) is 37.1 Å². The molecule has 25 heavy (non-hydrogen) atoms. The second-order valence-electron chi connectivity index (χ2n) is 6.59. The molecule has 0 spiro atoms. The minimum Gasteiger partial charge on any atom is -0.381 e. The Morgan fingerprint density at radius 1 is 1.12 bits per heavy atom. The zero-order valence-electron chi connectivity index (χ0n) is 14.9. The number of nitrogens with one attached hydrogen (secondary N) is 1. The monoisotopic (exact) mass is 360 g/mol. The lowest BCUT2D eigenvalue weighted by molar-refractivity contribution is 0.522. The lowest BCUT2D eigenvalue weighted by atomic mass is 10.0. The van der Waals surface area contributed by atoms with Crippen LogP contribution in [0, 0.1) is 13.8 Å². The first-order valence-corrected chi connectivity index (χ1v) is 10.3. The Morgan fingerprint density at radius 3 is 2.44 bits per heavy atom. The quantitative estimate of drug-likeness (QED) is 0.903. The molecule has 0 atom stereocenters. The molecule has 0 amide bonds. The molecule has 6 nitrogen and oxygen atoms in total. The summed E-state index contributed by atoms with van der Waals surface area (Å²) in [6, 6.07) is 9.37. The molecule has 1 N–H and O–H groups in total. The minimum atomic E-state index is -3.24. The molecule has 3 rings (SSSR count). The lowest BCUT2D eigenvalue weighted by Crippen LogP contribution is -2.39. The van der Waals surface area contributed by atoms with Crippen LogP contribution in [0.4, 0.5) is 11.5 Å². The molecule has 1 saturated heterocycles. The number of nitrogens with zero attached hydrogens (tertiary/aromatic N) is 3. The van der Waals surface area contributed by atoms with Crippen molar-refractivity contribution in [1.29, 1.82) is 0 Å². The number of sulfone groups is 1. The number of hydrogen-bond donors (Lipinski definition) is 1. The molecule has 0 saturated carbocycles. The van der Waals surface area contributed by atoms with Gasteiger partial charge in [-0.15, -0.1) is 0 Å². The number of anilines is 2. The first-order chi connectivity index (χ1) is 11.8. The first-order valence-electron chi connectivity index (χ1n) is 8.46. The van der Waals surface area contributed by atoms with Gasteiger partial charge in [0.05, 0.1) is 10.6 Å². The standard InChI is InChI=1S/C18H24N4O2S/c1-13-12-18(20-14(2)19-13)22-10-8-15(9-11-22)21-16-6-4-5-7-17(16)25(3,23)24/h4-7,12,15,21H,8-11H2,1-3H3. The second kappa shape index (κ2) is 7.00. The van der Waals surface area contributed by atoms with Crippen LogP contribution in [0.1, 0.15) is 24.4 Å². The van der Waals surface area contributed by atoms with Gasteiger partial charge in [0.1, 0.15) is 11.6 Å². The summed E-state index contributed by atoms with van der Waals surface area (Å²) in [4.78, 5) is 11.5. The number of rotatable bonds is 4. The molecular formula is C18H24N4O2S. The Morgan fingerprint density at radius 2 is 1.80 bits per heavy atom. The van der Waals surface area contributed by atoms with E-state index in [1.54, 1.807) is 12.1 Å². The van der Waals surface area contributed by atoms with Crippen LogP contribution >= 0.6 is 0 Å². The maximum Gasteiger partial charge on any atom is 0.177 e. The molecule has 1 aliphatic rings. The minimum absolute atomic E-state index is 0.253. The molecule has 0 unspecified atom stereocenters. The van der Waals surface area contributed by atoms with Crippen molar-refractivity contribution in [2.45, 2.75) is 37.6 Å². The third-order valence-electron chi connectivity index (χ3n) is 4.42. The summed E-state index contributed by atoms with van der Waals surface area (Å²) in [5.74, 6) is 1.76. The number of para-hydroxylation sites is 1. The van der Waals surface area contributed by atoms with Crippen LogP contribution in [-0.4, -0.2) is 43.8 Å². The second-order valence-corrected chi connectivity index (χ2v) is 8.57. The maximum absolute atomic E-state index is 11.9. The van der Waals surface area contributed by atoms with Gasteiger partial charge in [-0.2, -0.15) is 0 Å². The molecule has 2 aromatic rings. The van der Waals surface area contributed by atoms with E-state index < -0.39 is 9.84 Å². The summed E-state index contributed by atoms with van der Waals surface area (Å²) < 4.78 is 23.9. The Hall–Kier alpha value is -2.15. The average molecular weight is 360 g/mol. The Balaban J connectivity index is 1.68. The first kappa shape index (κ1) is 17.7. The van der Waals surface area contributed by atoms with E-state index in [-0.39, 0.29) is 6.04 Å². The summed E-state index contributed by atoms with van der Waals surface area (Å²) in [7, 11) is -3.24. The van der Waals surface area contributed by atoms with E-state index in [2.05, 4.69) is 20.2 Å². The SMILES string of the molecule is Cc1cc(N2CCC(Nc3ccccc3S(C)(=O)=O)CC2)nc(C)n1. The van der Waals surface area contributed by atoms with Gasteiger partial charge in [-0.1, -0.05) is 12.1 Å². The summed E-state index contributed by atoms with van der Waals surface area (Å²) >= 11 is 0. The van der Waals surface area contributed by atoms with Crippen molar-refractivity contribution in [2.24, 2.45) is 0 Å². The highest BCUT2D eigenvalue weighted by Crippen LogP contribution is 2.25. The van der Waals surface area contributed by atoms with Crippen molar-refractivity contribution >= 4 is 21.3 Å². The van der Waals surface area contributed by atoms with E-state index in [9.17, 15) is 8.42 Å². The zero-order chi connectivity index (χ0) is 18.0. The average Bonchev–Trinajstić information content (AvgIpc) is 2.54. The van der Waals surface area contributed by atoms with Gasteiger partial charge in [0.25, 0.3) is 0 Å². The van der Waals surface area contributed by atoms with Crippen LogP contribution in [0.2, 0.25) is 0 Å². The molecular weight excluding hydrogens is 336 g/mol. The van der Waals surface area contributed by atoms with Gasteiger partial charge >= 0.3 is 0 Å². The predicted octanol–water partition coefficient (Wildman–Crippen LogP) is 2.58. The largest absolute Gasteiger partial charge is 0.381 e. The number of piperidine rings is 1. The van der Waals surface area contributed by atoms with Crippen molar-refractivity contribution < 1.29 is 8.42 Å². The van der Waals surface area contributed by atoms with Crippen molar-refractivity contribution in [2.75, 3.05) is 29.6 Å². The van der Waals surface area contributed by atoms with Gasteiger partial charge < -0.3 is 10.2 Å². The molecule has 1 aromatic carbocycles. The van der Waals surface area contributed by atoms with Crippen LogP contribution < -0.4 is 10.2 Å². The summed E-state index contributed by atoms with van der Waals surface area (Å²) in [6.07, 6.45) is 3.11. The van der Waals surface area contributed by atoms with Gasteiger partial charge in [-0.25, -0.2) is 18.4 Å². The highest BCUT2D eigenvalue weighted by molar-refractivity contribution is 7.90. The summed E-state index contributed by atoms with van der Waals surface area (Å²) in [5.41, 5.74) is 1.67. The Labute approximate surface area is 149 Å². The van der Waals surface area contributed by atoms with E-state index in [0.29, 0.717) is 10.6 Å². The number of aromatic nitrogens is 2. The molecule has 134 valence electrons. The highest BCUT2D eigenvalue weighted by Gasteiger charge is 2.22. The predicted molar refractivity (Wildman–Crippen MR) is 99.9 cm³/mol. The van der Waals surface area contributed by atoms with E-state index in [4.69, 9.17) is 0 Å².